The zero-order valence-electron chi connectivity index (χ0n) is 12.2. The van der Waals surface area contributed by atoms with Crippen molar-refractivity contribution in [2.75, 3.05) is 13.2 Å². The van der Waals surface area contributed by atoms with Gasteiger partial charge in [0, 0.05) is 0 Å². The number of nitrogens with two attached hydrogens (primary N) is 1. The Morgan fingerprint density at radius 3 is 1.86 bits per heavy atom. The third-order valence-corrected chi connectivity index (χ3v) is 3.82. The van der Waals surface area contributed by atoms with Crippen LogP contribution in [0.1, 0.15) is 23.1 Å². The number of aryl methyl sites for hydroxylation is 1. The van der Waals surface area contributed by atoms with Crippen LogP contribution in [0.2, 0.25) is 0 Å². The highest BCUT2D eigenvalue weighted by Crippen LogP contribution is 2.14. The van der Waals surface area contributed by atoms with E-state index in [9.17, 15) is 10.2 Å². The van der Waals surface area contributed by atoms with Crippen molar-refractivity contribution < 1.29 is 10.2 Å². The fourth-order valence-electron chi connectivity index (χ4n) is 2.26. The van der Waals surface area contributed by atoms with E-state index in [-0.39, 0.29) is 13.2 Å². The quantitative estimate of drug-likeness (QED) is 0.728. The first-order chi connectivity index (χ1) is 10.1. The summed E-state index contributed by atoms with van der Waals surface area (Å²) in [7, 11) is 0. The minimum Gasteiger partial charge on any atom is -0.394 e. The molecule has 112 valence electrons. The van der Waals surface area contributed by atoms with E-state index >= 15 is 0 Å². The Kier molecular flexibility index (Phi) is 5.51. The summed E-state index contributed by atoms with van der Waals surface area (Å²) in [6.07, 6.45) is 2.25. The van der Waals surface area contributed by atoms with Crippen molar-refractivity contribution in [2.24, 2.45) is 5.73 Å². The van der Waals surface area contributed by atoms with Crippen LogP contribution in [0.3, 0.4) is 0 Å². The lowest BCUT2D eigenvalue weighted by molar-refractivity contribution is 0.115. The predicted octanol–water partition coefficient (Wildman–Crippen LogP) is 1.89. The maximum absolute atomic E-state index is 9.19. The summed E-state index contributed by atoms with van der Waals surface area (Å²) in [5, 5.41) is 18.4. The van der Waals surface area contributed by atoms with E-state index in [0.717, 1.165) is 12.8 Å². The van der Waals surface area contributed by atoms with Gasteiger partial charge in [0.15, 0.2) is 0 Å². The lowest BCUT2D eigenvalue weighted by atomic mass is 9.93. The van der Waals surface area contributed by atoms with E-state index in [4.69, 9.17) is 5.73 Å². The van der Waals surface area contributed by atoms with E-state index in [1.54, 1.807) is 0 Å². The molecule has 0 aliphatic rings. The summed E-state index contributed by atoms with van der Waals surface area (Å²) in [6.45, 7) is -0.398. The Bertz CT molecular complexity index is 533. The van der Waals surface area contributed by atoms with Gasteiger partial charge in [-0.1, -0.05) is 54.6 Å². The topological polar surface area (TPSA) is 66.5 Å². The van der Waals surface area contributed by atoms with Gasteiger partial charge >= 0.3 is 0 Å². The van der Waals surface area contributed by atoms with Gasteiger partial charge in [0.25, 0.3) is 0 Å². The summed E-state index contributed by atoms with van der Waals surface area (Å²) in [5.41, 5.74) is 8.73. The highest BCUT2D eigenvalue weighted by molar-refractivity contribution is 5.28. The molecule has 2 aromatic carbocycles. The van der Waals surface area contributed by atoms with Crippen molar-refractivity contribution in [2.45, 2.75) is 24.8 Å². The van der Waals surface area contributed by atoms with Crippen molar-refractivity contribution >= 4 is 0 Å². The fraction of sp³-hybridized carbons (Fsp3) is 0.333. The fourth-order valence-corrected chi connectivity index (χ4v) is 2.26. The second-order valence-corrected chi connectivity index (χ2v) is 5.66. The van der Waals surface area contributed by atoms with Crippen LogP contribution in [0.15, 0.2) is 54.6 Å². The molecule has 0 unspecified atom stereocenters. The molecule has 0 radical (unpaired) electrons. The third-order valence-electron chi connectivity index (χ3n) is 3.82. The standard InChI is InChI=1S/C18H23NO2/c19-18(13-20,14-21)11-10-15-6-8-17(9-7-15)12-16-4-2-1-3-5-16/h1-9,20-21H,10-14,19H2. The Balaban J connectivity index is 1.93. The SMILES string of the molecule is NC(CO)(CO)CCc1ccc(Cc2ccccc2)cc1. The van der Waals surface area contributed by atoms with E-state index in [1.165, 1.54) is 16.7 Å². The highest BCUT2D eigenvalue weighted by atomic mass is 16.3. The molecule has 0 aromatic heterocycles. The first-order valence-electron chi connectivity index (χ1n) is 7.27. The van der Waals surface area contributed by atoms with Crippen LogP contribution in [-0.4, -0.2) is 29.0 Å². The molecule has 0 aliphatic heterocycles. The molecule has 3 heteroatoms. The summed E-state index contributed by atoms with van der Waals surface area (Å²) in [5.74, 6) is 0. The average molecular weight is 285 g/mol. The minimum absolute atomic E-state index is 0.199. The van der Waals surface area contributed by atoms with Gasteiger partial charge in [-0.15, -0.1) is 0 Å². The van der Waals surface area contributed by atoms with E-state index in [2.05, 4.69) is 36.4 Å². The molecule has 0 aliphatic carbocycles. The van der Waals surface area contributed by atoms with Crippen LogP contribution >= 0.6 is 0 Å². The largest absolute Gasteiger partial charge is 0.394 e. The Morgan fingerprint density at radius 2 is 1.29 bits per heavy atom. The van der Waals surface area contributed by atoms with Crippen LogP contribution in [0.4, 0.5) is 0 Å². The molecule has 21 heavy (non-hydrogen) atoms. The first kappa shape index (κ1) is 15.7. The van der Waals surface area contributed by atoms with Gasteiger partial charge in [-0.25, -0.2) is 0 Å². The summed E-state index contributed by atoms with van der Waals surface area (Å²) < 4.78 is 0. The lowest BCUT2D eigenvalue weighted by Crippen LogP contribution is -2.47. The molecule has 0 amide bonds. The van der Waals surface area contributed by atoms with Gasteiger partial charge in [-0.3, -0.25) is 0 Å². The number of hydrogen-bond acceptors (Lipinski definition) is 3. The summed E-state index contributed by atoms with van der Waals surface area (Å²) in [6, 6.07) is 18.8. The smallest absolute Gasteiger partial charge is 0.0633 e. The van der Waals surface area contributed by atoms with Crippen molar-refractivity contribution in [3.05, 3.63) is 71.3 Å². The van der Waals surface area contributed by atoms with Gasteiger partial charge in [0.2, 0.25) is 0 Å². The number of benzene rings is 2. The Morgan fingerprint density at radius 1 is 0.762 bits per heavy atom. The molecule has 0 atom stereocenters. The maximum atomic E-state index is 9.19. The number of rotatable bonds is 7. The first-order valence-corrected chi connectivity index (χ1v) is 7.27. The van der Waals surface area contributed by atoms with E-state index in [0.29, 0.717) is 6.42 Å². The van der Waals surface area contributed by atoms with Crippen LogP contribution in [0.25, 0.3) is 0 Å². The van der Waals surface area contributed by atoms with Crippen molar-refractivity contribution in [3.8, 4) is 0 Å². The Hall–Kier alpha value is -1.68. The second kappa shape index (κ2) is 7.36. The van der Waals surface area contributed by atoms with Crippen LogP contribution < -0.4 is 5.73 Å². The number of aliphatic hydroxyl groups is 2. The summed E-state index contributed by atoms with van der Waals surface area (Å²) in [4.78, 5) is 0. The van der Waals surface area contributed by atoms with Gasteiger partial charge < -0.3 is 15.9 Å². The molecular weight excluding hydrogens is 262 g/mol. The molecule has 0 bridgehead atoms. The lowest BCUT2D eigenvalue weighted by Gasteiger charge is -2.24. The normalized spacial score (nSPS) is 11.6. The van der Waals surface area contributed by atoms with Crippen LogP contribution in [0, 0.1) is 0 Å². The van der Waals surface area contributed by atoms with Gasteiger partial charge in [-0.2, -0.15) is 0 Å². The minimum atomic E-state index is -0.886. The summed E-state index contributed by atoms with van der Waals surface area (Å²) >= 11 is 0. The molecule has 2 aromatic rings. The zero-order valence-corrected chi connectivity index (χ0v) is 12.2. The maximum Gasteiger partial charge on any atom is 0.0633 e. The van der Waals surface area contributed by atoms with E-state index < -0.39 is 5.54 Å². The zero-order chi connectivity index (χ0) is 15.1. The van der Waals surface area contributed by atoms with Crippen LogP contribution in [-0.2, 0) is 12.8 Å². The van der Waals surface area contributed by atoms with Crippen LogP contribution in [0.5, 0.6) is 0 Å². The monoisotopic (exact) mass is 285 g/mol. The average Bonchev–Trinajstić information content (AvgIpc) is 2.55. The molecule has 4 N–H and O–H groups in total. The molecule has 2 rings (SSSR count). The molecule has 0 saturated carbocycles. The van der Waals surface area contributed by atoms with E-state index in [1.807, 2.05) is 18.2 Å². The number of hydrogen-bond donors (Lipinski definition) is 3. The van der Waals surface area contributed by atoms with Gasteiger partial charge in [-0.05, 0) is 36.0 Å². The highest BCUT2D eigenvalue weighted by Gasteiger charge is 2.22. The van der Waals surface area contributed by atoms with Crippen molar-refractivity contribution in [3.63, 3.8) is 0 Å². The predicted molar refractivity (Wildman–Crippen MR) is 85.1 cm³/mol. The molecule has 0 heterocycles. The Labute approximate surface area is 126 Å². The van der Waals surface area contributed by atoms with Crippen molar-refractivity contribution in [1.29, 1.82) is 0 Å². The molecular formula is C18H23NO2. The molecule has 0 spiro atoms. The molecule has 0 fully saturated rings. The third kappa shape index (κ3) is 4.67. The molecule has 0 saturated heterocycles. The molecule has 3 nitrogen and oxygen atoms in total. The van der Waals surface area contributed by atoms with Crippen molar-refractivity contribution in [1.82, 2.24) is 0 Å². The van der Waals surface area contributed by atoms with Gasteiger partial charge in [0.05, 0.1) is 18.8 Å². The second-order valence-electron chi connectivity index (χ2n) is 5.66. The van der Waals surface area contributed by atoms with Gasteiger partial charge in [0.1, 0.15) is 0 Å². The number of aliphatic hydroxyl groups excluding tert-OH is 2.